The van der Waals surface area contributed by atoms with E-state index in [1.165, 1.54) is 18.5 Å². The maximum atomic E-state index is 12.6. The Kier molecular flexibility index (Phi) is 5.89. The van der Waals surface area contributed by atoms with Crippen molar-refractivity contribution in [1.82, 2.24) is 14.5 Å². The van der Waals surface area contributed by atoms with Crippen molar-refractivity contribution in [2.45, 2.75) is 12.6 Å². The molecular weight excluding hydrogens is 421 g/mol. The largest absolute Gasteiger partial charge is 0.439 e. The van der Waals surface area contributed by atoms with E-state index in [4.69, 9.17) is 4.74 Å². The number of anilines is 1. The Hall–Kier alpha value is -4.14. The molecule has 1 N–H and O–H groups in total. The first-order chi connectivity index (χ1) is 15.4. The lowest BCUT2D eigenvalue weighted by Gasteiger charge is -2.09. The molecule has 4 aromatic rings. The van der Waals surface area contributed by atoms with Gasteiger partial charge in [0.25, 0.3) is 0 Å². The molecule has 0 atom stereocenters. The summed E-state index contributed by atoms with van der Waals surface area (Å²) in [7, 11) is 0. The van der Waals surface area contributed by atoms with E-state index in [-0.39, 0.29) is 12.3 Å². The molecule has 0 saturated carbocycles. The summed E-state index contributed by atoms with van der Waals surface area (Å²) in [5.41, 5.74) is 0.268. The minimum absolute atomic E-state index is 0.0422. The Morgan fingerprint density at radius 2 is 1.66 bits per heavy atom. The zero-order valence-corrected chi connectivity index (χ0v) is 16.6. The molecule has 9 heteroatoms. The Morgan fingerprint density at radius 3 is 2.31 bits per heavy atom. The molecule has 2 aromatic heterocycles. The number of rotatable bonds is 6. The first-order valence-corrected chi connectivity index (χ1v) is 9.56. The first kappa shape index (κ1) is 21.1. The van der Waals surface area contributed by atoms with Crippen molar-refractivity contribution in [2.24, 2.45) is 0 Å². The van der Waals surface area contributed by atoms with Gasteiger partial charge in [-0.15, -0.1) is 0 Å². The minimum atomic E-state index is -4.40. The highest BCUT2D eigenvalue weighted by Gasteiger charge is 2.29. The second-order valence-corrected chi connectivity index (χ2v) is 6.85. The number of hydrogen-bond acceptors (Lipinski definition) is 4. The van der Waals surface area contributed by atoms with Crippen LogP contribution in [0.2, 0.25) is 0 Å². The number of benzene rings is 2. The molecule has 0 bridgehead atoms. The Labute approximate surface area is 181 Å². The van der Waals surface area contributed by atoms with E-state index in [1.807, 2.05) is 29.1 Å². The number of carbonyl (C=O) groups excluding carboxylic acids is 1. The van der Waals surface area contributed by atoms with Crippen LogP contribution in [0, 0.1) is 0 Å². The molecule has 2 aromatic carbocycles. The fourth-order valence-corrected chi connectivity index (χ4v) is 2.94. The highest BCUT2D eigenvalue weighted by atomic mass is 19.4. The third kappa shape index (κ3) is 5.31. The van der Waals surface area contributed by atoms with E-state index in [1.54, 1.807) is 30.3 Å². The number of nitrogens with one attached hydrogen (secondary N) is 1. The van der Waals surface area contributed by atoms with Gasteiger partial charge in [-0.3, -0.25) is 4.79 Å². The number of nitrogens with zero attached hydrogens (tertiary/aromatic N) is 3. The van der Waals surface area contributed by atoms with Crippen molar-refractivity contribution in [3.8, 4) is 17.4 Å². The average Bonchev–Trinajstić information content (AvgIpc) is 3.30. The molecule has 0 aliphatic rings. The molecule has 0 unspecified atom stereocenters. The van der Waals surface area contributed by atoms with Crippen LogP contribution in [0.15, 0.2) is 85.5 Å². The third-order valence-corrected chi connectivity index (χ3v) is 4.50. The van der Waals surface area contributed by atoms with Gasteiger partial charge in [0.2, 0.25) is 11.8 Å². The van der Waals surface area contributed by atoms with Gasteiger partial charge in [0.05, 0.1) is 12.0 Å². The lowest BCUT2D eigenvalue weighted by atomic mass is 10.1. The number of ether oxygens (including phenoxy) is 1. The molecule has 1 amide bonds. The van der Waals surface area contributed by atoms with Crippen LogP contribution in [0.1, 0.15) is 11.1 Å². The number of hydrogen-bond donors (Lipinski definition) is 1. The van der Waals surface area contributed by atoms with Crippen LogP contribution in [0.3, 0.4) is 0 Å². The van der Waals surface area contributed by atoms with E-state index in [2.05, 4.69) is 15.3 Å². The molecule has 0 saturated heterocycles. The topological polar surface area (TPSA) is 69.0 Å². The summed E-state index contributed by atoms with van der Waals surface area (Å²) in [5, 5.41) is 2.71. The van der Waals surface area contributed by atoms with Gasteiger partial charge in [-0.05, 0) is 54.1 Å². The first-order valence-electron chi connectivity index (χ1n) is 9.56. The lowest BCUT2D eigenvalue weighted by molar-refractivity contribution is -0.137. The van der Waals surface area contributed by atoms with Gasteiger partial charge in [0.1, 0.15) is 17.9 Å². The van der Waals surface area contributed by atoms with Crippen LogP contribution in [0.4, 0.5) is 18.9 Å². The van der Waals surface area contributed by atoms with E-state index in [0.717, 1.165) is 12.1 Å². The van der Waals surface area contributed by atoms with Crippen molar-refractivity contribution in [2.75, 3.05) is 5.32 Å². The zero-order chi connectivity index (χ0) is 22.6. The lowest BCUT2D eigenvalue weighted by Crippen LogP contribution is -2.14. The molecule has 4 rings (SSSR count). The van der Waals surface area contributed by atoms with Crippen molar-refractivity contribution in [3.05, 3.63) is 96.6 Å². The summed E-state index contributed by atoms with van der Waals surface area (Å²) in [4.78, 5) is 20.5. The minimum Gasteiger partial charge on any atom is -0.439 e. The van der Waals surface area contributed by atoms with Gasteiger partial charge < -0.3 is 14.6 Å². The highest BCUT2D eigenvalue weighted by Crippen LogP contribution is 2.29. The van der Waals surface area contributed by atoms with Crippen LogP contribution >= 0.6 is 0 Å². The second-order valence-electron chi connectivity index (χ2n) is 6.85. The average molecular weight is 438 g/mol. The second kappa shape index (κ2) is 8.93. The zero-order valence-electron chi connectivity index (χ0n) is 16.6. The van der Waals surface area contributed by atoms with Gasteiger partial charge in [-0.25, -0.2) is 9.97 Å². The van der Waals surface area contributed by atoms with Crippen LogP contribution in [0.5, 0.6) is 11.6 Å². The fraction of sp³-hybridized carbons (Fsp3) is 0.0870. The summed E-state index contributed by atoms with van der Waals surface area (Å²) in [6.07, 6.45) is 0.669. The van der Waals surface area contributed by atoms with E-state index in [9.17, 15) is 18.0 Å². The highest BCUT2D eigenvalue weighted by molar-refractivity contribution is 5.92. The SMILES string of the molecule is O=C(Cc1ccc(C(F)(F)F)cc1)Nc1ccc(Oc2cc(-n3cccc3)ncn2)cc1. The van der Waals surface area contributed by atoms with Crippen molar-refractivity contribution < 1.29 is 22.7 Å². The molecule has 32 heavy (non-hydrogen) atoms. The standard InChI is InChI=1S/C23H17F3N4O2/c24-23(25,26)17-5-3-16(4-6-17)13-21(31)29-18-7-9-19(10-8-18)32-22-14-20(27-15-28-22)30-11-1-2-12-30/h1-12,14-15H,13H2,(H,29,31). The van der Waals surface area contributed by atoms with Crippen molar-refractivity contribution >= 4 is 11.6 Å². The van der Waals surface area contributed by atoms with Crippen molar-refractivity contribution in [3.63, 3.8) is 0 Å². The monoisotopic (exact) mass is 438 g/mol. The Morgan fingerprint density at radius 1 is 0.969 bits per heavy atom. The quantitative estimate of drug-likeness (QED) is 0.446. The smallest absolute Gasteiger partial charge is 0.416 e. The third-order valence-electron chi connectivity index (χ3n) is 4.50. The van der Waals surface area contributed by atoms with Crippen LogP contribution in [-0.4, -0.2) is 20.4 Å². The normalized spacial score (nSPS) is 11.2. The fourth-order valence-electron chi connectivity index (χ4n) is 2.94. The summed E-state index contributed by atoms with van der Waals surface area (Å²) in [5.74, 6) is 1.20. The number of amides is 1. The molecule has 2 heterocycles. The van der Waals surface area contributed by atoms with Gasteiger partial charge >= 0.3 is 6.18 Å². The maximum Gasteiger partial charge on any atom is 0.416 e. The van der Waals surface area contributed by atoms with E-state index >= 15 is 0 Å². The number of aromatic nitrogens is 3. The summed E-state index contributed by atoms with van der Waals surface area (Å²) < 4.78 is 45.4. The van der Waals surface area contributed by atoms with Crippen LogP contribution < -0.4 is 10.1 Å². The van der Waals surface area contributed by atoms with Gasteiger partial charge in [0, 0.05) is 24.1 Å². The molecular formula is C23H17F3N4O2. The summed E-state index contributed by atoms with van der Waals surface area (Å²) in [6.45, 7) is 0. The molecule has 0 fully saturated rings. The van der Waals surface area contributed by atoms with Crippen LogP contribution in [0.25, 0.3) is 5.82 Å². The number of halogens is 3. The molecule has 162 valence electrons. The number of carbonyl (C=O) groups is 1. The molecule has 0 spiro atoms. The summed E-state index contributed by atoms with van der Waals surface area (Å²) >= 11 is 0. The van der Waals surface area contributed by atoms with E-state index in [0.29, 0.717) is 28.7 Å². The molecule has 0 aliphatic heterocycles. The van der Waals surface area contributed by atoms with Crippen molar-refractivity contribution in [1.29, 1.82) is 0 Å². The molecule has 0 radical (unpaired) electrons. The number of alkyl halides is 3. The van der Waals surface area contributed by atoms with Gasteiger partial charge in [-0.2, -0.15) is 13.2 Å². The van der Waals surface area contributed by atoms with Gasteiger partial charge in [0.15, 0.2) is 0 Å². The molecule has 6 nitrogen and oxygen atoms in total. The molecule has 0 aliphatic carbocycles. The predicted molar refractivity (Wildman–Crippen MR) is 112 cm³/mol. The Balaban J connectivity index is 1.35. The van der Waals surface area contributed by atoms with Gasteiger partial charge in [-0.1, -0.05) is 12.1 Å². The summed E-state index contributed by atoms with van der Waals surface area (Å²) in [6, 6.07) is 16.6. The maximum absolute atomic E-state index is 12.6. The van der Waals surface area contributed by atoms with E-state index < -0.39 is 11.7 Å². The predicted octanol–water partition coefficient (Wildman–Crippen LogP) is 5.26. The Bertz CT molecular complexity index is 1190. The van der Waals surface area contributed by atoms with Crippen LogP contribution in [-0.2, 0) is 17.4 Å².